The van der Waals surface area contributed by atoms with Gasteiger partial charge in [0.2, 0.25) is 5.91 Å². The summed E-state index contributed by atoms with van der Waals surface area (Å²) in [6.45, 7) is 6.27. The lowest BCUT2D eigenvalue weighted by molar-refractivity contribution is -0.134. The molecule has 1 aromatic carbocycles. The van der Waals surface area contributed by atoms with Gasteiger partial charge in [-0.05, 0) is 26.3 Å². The molecule has 4 heteroatoms. The number of nitrogens with two attached hydrogens (primary N) is 1. The van der Waals surface area contributed by atoms with E-state index in [1.165, 1.54) is 0 Å². The van der Waals surface area contributed by atoms with Crippen molar-refractivity contribution in [1.82, 2.24) is 4.90 Å². The van der Waals surface area contributed by atoms with E-state index in [0.29, 0.717) is 13.0 Å². The first-order valence-corrected chi connectivity index (χ1v) is 6.47. The summed E-state index contributed by atoms with van der Waals surface area (Å²) in [6, 6.07) is 9.07. The molecule has 0 aliphatic rings. The van der Waals surface area contributed by atoms with Crippen molar-refractivity contribution in [2.75, 3.05) is 6.54 Å². The molecule has 0 radical (unpaired) electrons. The number of aryl methyl sites for hydroxylation is 1. The van der Waals surface area contributed by atoms with Crippen LogP contribution in [0.3, 0.4) is 0 Å². The third-order valence-corrected chi connectivity index (χ3v) is 3.07. The summed E-state index contributed by atoms with van der Waals surface area (Å²) in [5.41, 5.74) is 7.96. The van der Waals surface area contributed by atoms with Crippen LogP contribution in [-0.2, 0) is 4.79 Å². The van der Waals surface area contributed by atoms with Crippen molar-refractivity contribution in [2.24, 2.45) is 5.73 Å². The molecule has 0 spiro atoms. The van der Waals surface area contributed by atoms with E-state index < -0.39 is 6.04 Å². The van der Waals surface area contributed by atoms with E-state index in [-0.39, 0.29) is 11.9 Å². The number of nitrogens with zero attached hydrogens (tertiary/aromatic N) is 2. The van der Waals surface area contributed by atoms with Gasteiger partial charge < -0.3 is 10.6 Å². The zero-order chi connectivity index (χ0) is 14.4. The molecular formula is C15H21N3O. The molecule has 0 aromatic heterocycles. The zero-order valence-corrected chi connectivity index (χ0v) is 11.8. The number of hydrogen-bond acceptors (Lipinski definition) is 3. The van der Waals surface area contributed by atoms with Gasteiger partial charge in [0, 0.05) is 12.6 Å². The predicted molar refractivity (Wildman–Crippen MR) is 75.2 cm³/mol. The molecular weight excluding hydrogens is 238 g/mol. The Morgan fingerprint density at radius 3 is 2.42 bits per heavy atom. The first kappa shape index (κ1) is 15.2. The van der Waals surface area contributed by atoms with Crippen LogP contribution in [0, 0.1) is 18.3 Å². The number of nitriles is 1. The van der Waals surface area contributed by atoms with Crippen molar-refractivity contribution < 1.29 is 4.79 Å². The van der Waals surface area contributed by atoms with Gasteiger partial charge in [-0.3, -0.25) is 4.79 Å². The first-order chi connectivity index (χ1) is 8.97. The van der Waals surface area contributed by atoms with E-state index in [9.17, 15) is 4.79 Å². The van der Waals surface area contributed by atoms with Gasteiger partial charge in [0.1, 0.15) is 6.04 Å². The first-order valence-electron chi connectivity index (χ1n) is 6.47. The van der Waals surface area contributed by atoms with Crippen molar-refractivity contribution in [2.45, 2.75) is 39.3 Å². The van der Waals surface area contributed by atoms with Gasteiger partial charge in [0.15, 0.2) is 0 Å². The smallest absolute Gasteiger partial charge is 0.244 e. The Morgan fingerprint density at radius 2 is 1.95 bits per heavy atom. The Balaban J connectivity index is 2.84. The van der Waals surface area contributed by atoms with Crippen molar-refractivity contribution in [3.05, 3.63) is 35.4 Å². The summed E-state index contributed by atoms with van der Waals surface area (Å²) in [5.74, 6) is -0.130. The summed E-state index contributed by atoms with van der Waals surface area (Å²) >= 11 is 0. The predicted octanol–water partition coefficient (Wildman–Crippen LogP) is 2.15. The zero-order valence-electron chi connectivity index (χ0n) is 11.8. The molecule has 1 aromatic rings. The van der Waals surface area contributed by atoms with E-state index >= 15 is 0 Å². The summed E-state index contributed by atoms with van der Waals surface area (Å²) in [5, 5.41) is 8.65. The molecule has 0 aliphatic carbocycles. The highest BCUT2D eigenvalue weighted by molar-refractivity contribution is 5.83. The fraction of sp³-hybridized carbons (Fsp3) is 0.467. The SMILES string of the molecule is Cc1ccc(C(N)C(=O)N(CCC#N)C(C)C)cc1. The van der Waals surface area contributed by atoms with E-state index in [0.717, 1.165) is 11.1 Å². The molecule has 19 heavy (non-hydrogen) atoms. The average molecular weight is 259 g/mol. The van der Waals surface area contributed by atoms with Crippen LogP contribution >= 0.6 is 0 Å². The van der Waals surface area contributed by atoms with E-state index in [4.69, 9.17) is 11.0 Å². The standard InChI is InChI=1S/C15H21N3O/c1-11(2)18(10-4-9-16)15(19)14(17)13-7-5-12(3)6-8-13/h5-8,11,14H,4,10,17H2,1-3H3. The molecule has 1 unspecified atom stereocenters. The molecule has 0 bridgehead atoms. The Labute approximate surface area is 114 Å². The van der Waals surface area contributed by atoms with Crippen LogP contribution in [0.5, 0.6) is 0 Å². The lowest BCUT2D eigenvalue weighted by atomic mass is 10.0. The highest BCUT2D eigenvalue weighted by atomic mass is 16.2. The summed E-state index contributed by atoms with van der Waals surface area (Å²) in [4.78, 5) is 14.0. The maximum Gasteiger partial charge on any atom is 0.244 e. The summed E-state index contributed by atoms with van der Waals surface area (Å²) < 4.78 is 0. The second-order valence-electron chi connectivity index (χ2n) is 4.92. The van der Waals surface area contributed by atoms with Gasteiger partial charge in [-0.2, -0.15) is 5.26 Å². The van der Waals surface area contributed by atoms with Crippen LogP contribution in [0.25, 0.3) is 0 Å². The fourth-order valence-corrected chi connectivity index (χ4v) is 1.89. The molecule has 0 saturated heterocycles. The number of carbonyl (C=O) groups excluding carboxylic acids is 1. The normalized spacial score (nSPS) is 12.0. The van der Waals surface area contributed by atoms with Gasteiger partial charge in [-0.25, -0.2) is 0 Å². The van der Waals surface area contributed by atoms with E-state index in [1.807, 2.05) is 45.0 Å². The Hall–Kier alpha value is -1.86. The minimum atomic E-state index is -0.665. The molecule has 4 nitrogen and oxygen atoms in total. The van der Waals surface area contributed by atoms with Gasteiger partial charge in [0.05, 0.1) is 12.5 Å². The van der Waals surface area contributed by atoms with E-state index in [1.54, 1.807) is 4.90 Å². The van der Waals surface area contributed by atoms with Crippen LogP contribution < -0.4 is 5.73 Å². The highest BCUT2D eigenvalue weighted by Gasteiger charge is 2.24. The molecule has 0 fully saturated rings. The van der Waals surface area contributed by atoms with Crippen LogP contribution in [0.2, 0.25) is 0 Å². The topological polar surface area (TPSA) is 70.1 Å². The van der Waals surface area contributed by atoms with Gasteiger partial charge in [-0.1, -0.05) is 29.8 Å². The average Bonchev–Trinajstić information content (AvgIpc) is 2.38. The molecule has 1 atom stereocenters. The lowest BCUT2D eigenvalue weighted by Gasteiger charge is -2.28. The van der Waals surface area contributed by atoms with Crippen LogP contribution in [-0.4, -0.2) is 23.4 Å². The molecule has 0 saturated carbocycles. The van der Waals surface area contributed by atoms with E-state index in [2.05, 4.69) is 6.07 Å². The Kier molecular flexibility index (Phi) is 5.53. The van der Waals surface area contributed by atoms with Gasteiger partial charge in [-0.15, -0.1) is 0 Å². The molecule has 0 heterocycles. The number of carbonyl (C=O) groups is 1. The lowest BCUT2D eigenvalue weighted by Crippen LogP contribution is -2.43. The third kappa shape index (κ3) is 4.08. The van der Waals surface area contributed by atoms with Crippen molar-refractivity contribution >= 4 is 5.91 Å². The monoisotopic (exact) mass is 259 g/mol. The van der Waals surface area contributed by atoms with Crippen molar-refractivity contribution in [3.63, 3.8) is 0 Å². The molecule has 2 N–H and O–H groups in total. The minimum Gasteiger partial charge on any atom is -0.338 e. The summed E-state index contributed by atoms with van der Waals surface area (Å²) in [7, 11) is 0. The quantitative estimate of drug-likeness (QED) is 0.880. The van der Waals surface area contributed by atoms with Crippen LogP contribution in [0.4, 0.5) is 0 Å². The Bertz CT molecular complexity index is 459. The highest BCUT2D eigenvalue weighted by Crippen LogP contribution is 2.16. The second-order valence-corrected chi connectivity index (χ2v) is 4.92. The minimum absolute atomic E-state index is 0.0392. The second kappa shape index (κ2) is 6.91. The van der Waals surface area contributed by atoms with Gasteiger partial charge >= 0.3 is 0 Å². The maximum absolute atomic E-state index is 12.4. The summed E-state index contributed by atoms with van der Waals surface area (Å²) in [6.07, 6.45) is 0.324. The van der Waals surface area contributed by atoms with Crippen LogP contribution in [0.1, 0.15) is 37.4 Å². The number of benzene rings is 1. The molecule has 0 aliphatic heterocycles. The maximum atomic E-state index is 12.4. The molecule has 102 valence electrons. The number of amides is 1. The molecule has 1 rings (SSSR count). The van der Waals surface area contributed by atoms with Crippen LogP contribution in [0.15, 0.2) is 24.3 Å². The fourth-order valence-electron chi connectivity index (χ4n) is 1.89. The third-order valence-electron chi connectivity index (χ3n) is 3.07. The largest absolute Gasteiger partial charge is 0.338 e. The molecule has 1 amide bonds. The Morgan fingerprint density at radius 1 is 1.37 bits per heavy atom. The number of hydrogen-bond donors (Lipinski definition) is 1. The van der Waals surface area contributed by atoms with Crippen molar-refractivity contribution in [3.8, 4) is 6.07 Å². The number of rotatable bonds is 5. The van der Waals surface area contributed by atoms with Gasteiger partial charge in [0.25, 0.3) is 0 Å². The van der Waals surface area contributed by atoms with Crippen molar-refractivity contribution in [1.29, 1.82) is 5.26 Å².